The largest absolute Gasteiger partial charge is 0.477 e. The van der Waals surface area contributed by atoms with E-state index in [0.29, 0.717) is 12.5 Å². The van der Waals surface area contributed by atoms with Crippen LogP contribution in [0.5, 0.6) is 5.88 Å². The lowest BCUT2D eigenvalue weighted by molar-refractivity contribution is 0.308. The van der Waals surface area contributed by atoms with E-state index in [0.717, 1.165) is 24.6 Å². The van der Waals surface area contributed by atoms with Crippen molar-refractivity contribution < 1.29 is 4.74 Å². The number of nitrogens with zero attached hydrogens (tertiary/aromatic N) is 2. The van der Waals surface area contributed by atoms with Crippen molar-refractivity contribution in [2.45, 2.75) is 39.5 Å². The van der Waals surface area contributed by atoms with E-state index in [4.69, 9.17) is 4.74 Å². The second-order valence-corrected chi connectivity index (χ2v) is 5.12. The maximum atomic E-state index is 5.61. The zero-order chi connectivity index (χ0) is 13.6. The van der Waals surface area contributed by atoms with E-state index in [1.54, 1.807) is 0 Å². The van der Waals surface area contributed by atoms with Gasteiger partial charge >= 0.3 is 0 Å². The molecule has 0 atom stereocenters. The molecule has 0 amide bonds. The molecule has 0 aliphatic heterocycles. The lowest BCUT2D eigenvalue weighted by Crippen LogP contribution is -2.18. The third-order valence-electron chi connectivity index (χ3n) is 2.30. The van der Waals surface area contributed by atoms with Crippen LogP contribution in [0.15, 0.2) is 18.7 Å². The summed E-state index contributed by atoms with van der Waals surface area (Å²) in [5, 5.41) is 3.20. The molecule has 4 nitrogen and oxygen atoms in total. The molecule has 1 heterocycles. The van der Waals surface area contributed by atoms with Gasteiger partial charge in [-0.3, -0.25) is 0 Å². The van der Waals surface area contributed by atoms with Crippen LogP contribution in [0.25, 0.3) is 0 Å². The van der Waals surface area contributed by atoms with E-state index < -0.39 is 0 Å². The molecular formula is C14H23N3O. The molecule has 0 aromatic carbocycles. The second-order valence-electron chi connectivity index (χ2n) is 5.12. The van der Waals surface area contributed by atoms with Crippen LogP contribution in [0.2, 0.25) is 0 Å². The van der Waals surface area contributed by atoms with Crippen molar-refractivity contribution in [3.8, 4) is 5.88 Å². The van der Waals surface area contributed by atoms with Crippen LogP contribution in [0.3, 0.4) is 0 Å². The summed E-state index contributed by atoms with van der Waals surface area (Å²) in [4.78, 5) is 8.95. The Hall–Kier alpha value is -1.58. The van der Waals surface area contributed by atoms with E-state index in [1.807, 2.05) is 19.1 Å². The lowest BCUT2D eigenvalue weighted by Gasteiger charge is -2.18. The lowest BCUT2D eigenvalue weighted by atomic mass is 9.96. The first-order chi connectivity index (χ1) is 8.47. The maximum Gasteiger partial charge on any atom is 0.218 e. The molecular weight excluding hydrogens is 226 g/mol. The molecule has 1 aromatic heterocycles. The number of aromatic nitrogens is 2. The molecule has 4 heteroatoms. The molecule has 0 spiro atoms. The molecule has 0 unspecified atom stereocenters. The minimum absolute atomic E-state index is 0.0953. The Morgan fingerprint density at radius 3 is 2.67 bits per heavy atom. The zero-order valence-electron chi connectivity index (χ0n) is 11.8. The first kappa shape index (κ1) is 14.5. The molecule has 0 aliphatic rings. The van der Waals surface area contributed by atoms with Crippen molar-refractivity contribution in [3.63, 3.8) is 0 Å². The van der Waals surface area contributed by atoms with Gasteiger partial charge in [0, 0.05) is 18.0 Å². The number of hydrogen-bond acceptors (Lipinski definition) is 4. The maximum absolute atomic E-state index is 5.61. The van der Waals surface area contributed by atoms with Gasteiger partial charge < -0.3 is 10.1 Å². The fraction of sp³-hybridized carbons (Fsp3) is 0.571. The molecule has 0 saturated carbocycles. The molecule has 0 aliphatic carbocycles. The van der Waals surface area contributed by atoms with Crippen molar-refractivity contribution in [2.75, 3.05) is 18.5 Å². The van der Waals surface area contributed by atoms with Gasteiger partial charge in [0.15, 0.2) is 0 Å². The summed E-state index contributed by atoms with van der Waals surface area (Å²) in [6.07, 6.45) is 2.64. The van der Waals surface area contributed by atoms with Gasteiger partial charge in [0.1, 0.15) is 11.6 Å². The zero-order valence-corrected chi connectivity index (χ0v) is 11.8. The standard InChI is InChI=1S/C14H23N3O/c1-6-8-9-18-12-10-11(15-7-2)16-13(17-12)14(3,4)5/h6,10H,1,7-9H2,2-5H3,(H,15,16,17). The van der Waals surface area contributed by atoms with Gasteiger partial charge in [0.25, 0.3) is 0 Å². The fourth-order valence-corrected chi connectivity index (χ4v) is 1.35. The molecule has 1 rings (SSSR count). The third-order valence-corrected chi connectivity index (χ3v) is 2.30. The summed E-state index contributed by atoms with van der Waals surface area (Å²) < 4.78 is 5.61. The van der Waals surface area contributed by atoms with Gasteiger partial charge in [-0.25, -0.2) is 4.98 Å². The van der Waals surface area contributed by atoms with E-state index in [-0.39, 0.29) is 5.41 Å². The highest BCUT2D eigenvalue weighted by Crippen LogP contribution is 2.23. The molecule has 1 N–H and O–H groups in total. The van der Waals surface area contributed by atoms with E-state index >= 15 is 0 Å². The van der Waals surface area contributed by atoms with Gasteiger partial charge in [-0.2, -0.15) is 4.98 Å². The van der Waals surface area contributed by atoms with Crippen LogP contribution in [-0.4, -0.2) is 23.1 Å². The Bertz CT molecular complexity index is 397. The van der Waals surface area contributed by atoms with Gasteiger partial charge in [0.2, 0.25) is 5.88 Å². The number of ether oxygens (including phenoxy) is 1. The second kappa shape index (κ2) is 6.38. The van der Waals surface area contributed by atoms with Crippen LogP contribution in [-0.2, 0) is 5.41 Å². The molecule has 0 saturated heterocycles. The smallest absolute Gasteiger partial charge is 0.218 e. The number of rotatable bonds is 6. The highest BCUT2D eigenvalue weighted by molar-refractivity contribution is 5.39. The Kier molecular flexibility index (Phi) is 5.13. The molecule has 0 radical (unpaired) electrons. The monoisotopic (exact) mass is 249 g/mol. The summed E-state index contributed by atoms with van der Waals surface area (Å²) in [5.74, 6) is 2.22. The molecule has 0 bridgehead atoms. The van der Waals surface area contributed by atoms with Crippen molar-refractivity contribution in [1.82, 2.24) is 9.97 Å². The Morgan fingerprint density at radius 2 is 2.11 bits per heavy atom. The van der Waals surface area contributed by atoms with Gasteiger partial charge in [0.05, 0.1) is 6.61 Å². The van der Waals surface area contributed by atoms with Crippen LogP contribution >= 0.6 is 0 Å². The normalized spacial score (nSPS) is 11.1. The first-order valence-corrected chi connectivity index (χ1v) is 6.34. The average Bonchev–Trinajstić information content (AvgIpc) is 2.28. The Balaban J connectivity index is 2.94. The summed E-state index contributed by atoms with van der Waals surface area (Å²) in [6, 6.07) is 1.84. The molecule has 1 aromatic rings. The molecule has 100 valence electrons. The Labute approximate surface area is 109 Å². The van der Waals surface area contributed by atoms with E-state index in [9.17, 15) is 0 Å². The van der Waals surface area contributed by atoms with Crippen molar-refractivity contribution in [1.29, 1.82) is 0 Å². The first-order valence-electron chi connectivity index (χ1n) is 6.34. The van der Waals surface area contributed by atoms with Crippen LogP contribution in [0.4, 0.5) is 5.82 Å². The number of nitrogens with one attached hydrogen (secondary N) is 1. The van der Waals surface area contributed by atoms with E-state index in [1.165, 1.54) is 0 Å². The van der Waals surface area contributed by atoms with Crippen LogP contribution in [0.1, 0.15) is 39.9 Å². The summed E-state index contributed by atoms with van der Waals surface area (Å²) >= 11 is 0. The highest BCUT2D eigenvalue weighted by Gasteiger charge is 2.19. The number of hydrogen-bond donors (Lipinski definition) is 1. The summed E-state index contributed by atoms with van der Waals surface area (Å²) in [6.45, 7) is 13.4. The summed E-state index contributed by atoms with van der Waals surface area (Å²) in [5.41, 5.74) is -0.0953. The van der Waals surface area contributed by atoms with Crippen LogP contribution < -0.4 is 10.1 Å². The predicted octanol–water partition coefficient (Wildman–Crippen LogP) is 3.16. The van der Waals surface area contributed by atoms with Crippen molar-refractivity contribution >= 4 is 5.82 Å². The topological polar surface area (TPSA) is 47.0 Å². The molecule has 0 fully saturated rings. The third kappa shape index (κ3) is 4.35. The van der Waals surface area contributed by atoms with Gasteiger partial charge in [-0.15, -0.1) is 6.58 Å². The van der Waals surface area contributed by atoms with Crippen LogP contribution in [0, 0.1) is 0 Å². The molecule has 18 heavy (non-hydrogen) atoms. The van der Waals surface area contributed by atoms with E-state index in [2.05, 4.69) is 42.6 Å². The fourth-order valence-electron chi connectivity index (χ4n) is 1.35. The SMILES string of the molecule is C=CCCOc1cc(NCC)nc(C(C)(C)C)n1. The number of anilines is 1. The Morgan fingerprint density at radius 1 is 1.39 bits per heavy atom. The van der Waals surface area contributed by atoms with Crippen molar-refractivity contribution in [3.05, 3.63) is 24.5 Å². The average molecular weight is 249 g/mol. The quantitative estimate of drug-likeness (QED) is 0.621. The highest BCUT2D eigenvalue weighted by atomic mass is 16.5. The minimum Gasteiger partial charge on any atom is -0.477 e. The summed E-state index contributed by atoms with van der Waals surface area (Å²) in [7, 11) is 0. The van der Waals surface area contributed by atoms with Crippen molar-refractivity contribution in [2.24, 2.45) is 0 Å². The minimum atomic E-state index is -0.0953. The van der Waals surface area contributed by atoms with Gasteiger partial charge in [-0.1, -0.05) is 26.8 Å². The predicted molar refractivity (Wildman–Crippen MR) is 75.2 cm³/mol. The van der Waals surface area contributed by atoms with Gasteiger partial charge in [-0.05, 0) is 13.3 Å².